The summed E-state index contributed by atoms with van der Waals surface area (Å²) in [5.41, 5.74) is 4.62. The van der Waals surface area contributed by atoms with Crippen molar-refractivity contribution in [2.75, 3.05) is 13.1 Å². The van der Waals surface area contributed by atoms with Crippen molar-refractivity contribution < 1.29 is 9.59 Å². The highest BCUT2D eigenvalue weighted by atomic mass is 32.1. The number of hydrogen-bond acceptors (Lipinski definition) is 7. The van der Waals surface area contributed by atoms with E-state index in [1.54, 1.807) is 28.2 Å². The Balaban J connectivity index is 1.41. The molecule has 1 fully saturated rings. The van der Waals surface area contributed by atoms with Crippen molar-refractivity contribution >= 4 is 28.7 Å². The number of likely N-dealkylation sites (tertiary alicyclic amines) is 1. The largest absolute Gasteiger partial charge is 0.338 e. The zero-order chi connectivity index (χ0) is 20.0. The fourth-order valence-electron chi connectivity index (χ4n) is 3.35. The molecule has 0 aromatic carbocycles. The van der Waals surface area contributed by atoms with E-state index in [0.29, 0.717) is 22.7 Å². The van der Waals surface area contributed by atoms with Gasteiger partial charge in [0.1, 0.15) is 11.4 Å². The lowest BCUT2D eigenvalue weighted by Crippen LogP contribution is -2.42. The number of amides is 1. The molecule has 1 aliphatic heterocycles. The summed E-state index contributed by atoms with van der Waals surface area (Å²) in [4.78, 5) is 36.0. The lowest BCUT2D eigenvalue weighted by molar-refractivity contribution is 0.0647. The van der Waals surface area contributed by atoms with E-state index < -0.39 is 0 Å². The molecule has 0 saturated carbocycles. The van der Waals surface area contributed by atoms with Gasteiger partial charge in [0.25, 0.3) is 5.91 Å². The fourth-order valence-corrected chi connectivity index (χ4v) is 3.88. The molecule has 4 aromatic rings. The van der Waals surface area contributed by atoms with Crippen molar-refractivity contribution in [1.82, 2.24) is 34.3 Å². The standard InChI is InChI=1S/C19H17N7O2S/c1-24-17(13(8-21-24)19(28)25-5-2-6-25)15(27)7-12-3-4-16-22-18(23-26(16)9-12)14-10-29-11-20-14/h3-4,8-11H,2,5-7H2,1H3. The molecule has 9 nitrogen and oxygen atoms in total. The Morgan fingerprint density at radius 2 is 2.10 bits per heavy atom. The molecule has 1 aliphatic rings. The van der Waals surface area contributed by atoms with Crippen LogP contribution in [0.3, 0.4) is 0 Å². The molecule has 10 heteroatoms. The van der Waals surface area contributed by atoms with E-state index in [2.05, 4.69) is 20.2 Å². The molecule has 0 radical (unpaired) electrons. The Labute approximate surface area is 169 Å². The van der Waals surface area contributed by atoms with E-state index in [1.807, 2.05) is 17.5 Å². The summed E-state index contributed by atoms with van der Waals surface area (Å²) in [6, 6.07) is 3.67. The van der Waals surface area contributed by atoms with Gasteiger partial charge in [0.15, 0.2) is 11.4 Å². The van der Waals surface area contributed by atoms with Crippen molar-refractivity contribution in [2.24, 2.45) is 7.05 Å². The topological polar surface area (TPSA) is 98.3 Å². The molecule has 146 valence electrons. The van der Waals surface area contributed by atoms with Crippen LogP contribution in [0.25, 0.3) is 17.2 Å². The number of aryl methyl sites for hydroxylation is 1. The molecule has 0 aliphatic carbocycles. The van der Waals surface area contributed by atoms with Crippen molar-refractivity contribution in [3.63, 3.8) is 0 Å². The first-order valence-corrected chi connectivity index (χ1v) is 10.1. The molecule has 0 spiro atoms. The lowest BCUT2D eigenvalue weighted by atomic mass is 10.0. The van der Waals surface area contributed by atoms with Gasteiger partial charge >= 0.3 is 0 Å². The first-order valence-electron chi connectivity index (χ1n) is 9.18. The second-order valence-electron chi connectivity index (χ2n) is 6.93. The van der Waals surface area contributed by atoms with E-state index in [1.165, 1.54) is 22.2 Å². The van der Waals surface area contributed by atoms with Gasteiger partial charge in [-0.2, -0.15) is 5.10 Å². The van der Waals surface area contributed by atoms with Crippen LogP contribution in [0.2, 0.25) is 0 Å². The van der Waals surface area contributed by atoms with Crippen LogP contribution in [0.5, 0.6) is 0 Å². The van der Waals surface area contributed by atoms with Crippen molar-refractivity contribution in [1.29, 1.82) is 0 Å². The molecule has 0 N–H and O–H groups in total. The number of fused-ring (bicyclic) bond motifs is 1. The Hall–Kier alpha value is -3.40. The zero-order valence-electron chi connectivity index (χ0n) is 15.6. The summed E-state index contributed by atoms with van der Waals surface area (Å²) >= 11 is 1.48. The maximum Gasteiger partial charge on any atom is 0.257 e. The number of rotatable bonds is 5. The van der Waals surface area contributed by atoms with Crippen LogP contribution in [0, 0.1) is 0 Å². The number of carbonyl (C=O) groups excluding carboxylic acids is 2. The Morgan fingerprint density at radius 3 is 2.83 bits per heavy atom. The molecular weight excluding hydrogens is 390 g/mol. The number of Topliss-reactive ketones (excluding diaryl/α,β-unsaturated/α-hetero) is 1. The van der Waals surface area contributed by atoms with Crippen LogP contribution in [-0.2, 0) is 13.5 Å². The van der Waals surface area contributed by atoms with Crippen molar-refractivity contribution in [3.05, 3.63) is 52.2 Å². The van der Waals surface area contributed by atoms with Crippen molar-refractivity contribution in [3.8, 4) is 11.5 Å². The van der Waals surface area contributed by atoms with Crippen LogP contribution in [0.1, 0.15) is 32.8 Å². The summed E-state index contributed by atoms with van der Waals surface area (Å²) in [6.45, 7) is 1.46. The molecule has 1 saturated heterocycles. The number of aromatic nitrogens is 6. The highest BCUT2D eigenvalue weighted by molar-refractivity contribution is 7.07. The minimum atomic E-state index is -0.159. The number of hydrogen-bond donors (Lipinski definition) is 0. The fraction of sp³-hybridized carbons (Fsp3) is 0.263. The third-order valence-electron chi connectivity index (χ3n) is 4.99. The lowest BCUT2D eigenvalue weighted by Gasteiger charge is -2.30. The van der Waals surface area contributed by atoms with Gasteiger partial charge in [0.2, 0.25) is 5.82 Å². The number of ketones is 1. The summed E-state index contributed by atoms with van der Waals surface area (Å²) in [5, 5.41) is 10.5. The van der Waals surface area contributed by atoms with Gasteiger partial charge in [-0.25, -0.2) is 14.5 Å². The summed E-state index contributed by atoms with van der Waals surface area (Å²) in [6.07, 6.45) is 4.40. The molecule has 5 rings (SSSR count). The molecule has 4 aromatic heterocycles. The van der Waals surface area contributed by atoms with Gasteiger partial charge in [-0.05, 0) is 18.1 Å². The second-order valence-corrected chi connectivity index (χ2v) is 7.64. The van der Waals surface area contributed by atoms with Crippen LogP contribution in [-0.4, -0.2) is 59.0 Å². The first-order chi connectivity index (χ1) is 14.1. The molecule has 5 heterocycles. The third-order valence-corrected chi connectivity index (χ3v) is 5.58. The number of nitrogens with zero attached hydrogens (tertiary/aromatic N) is 7. The van der Waals surface area contributed by atoms with Gasteiger partial charge in [0.05, 0.1) is 17.3 Å². The molecule has 0 bridgehead atoms. The highest BCUT2D eigenvalue weighted by Gasteiger charge is 2.28. The first kappa shape index (κ1) is 17.7. The van der Waals surface area contributed by atoms with Crippen LogP contribution in [0.15, 0.2) is 35.4 Å². The monoisotopic (exact) mass is 407 g/mol. The van der Waals surface area contributed by atoms with Gasteiger partial charge in [-0.1, -0.05) is 6.07 Å². The summed E-state index contributed by atoms with van der Waals surface area (Å²) in [7, 11) is 1.68. The van der Waals surface area contributed by atoms with E-state index in [9.17, 15) is 9.59 Å². The van der Waals surface area contributed by atoms with E-state index in [4.69, 9.17) is 0 Å². The number of pyridine rings is 1. The minimum Gasteiger partial charge on any atom is -0.338 e. The smallest absolute Gasteiger partial charge is 0.257 e. The Kier molecular flexibility index (Phi) is 4.20. The molecule has 1 amide bonds. The number of thiazole rings is 1. The molecule has 0 atom stereocenters. The van der Waals surface area contributed by atoms with Crippen LogP contribution in [0.4, 0.5) is 0 Å². The van der Waals surface area contributed by atoms with Crippen molar-refractivity contribution in [2.45, 2.75) is 12.8 Å². The third kappa shape index (κ3) is 3.11. The Morgan fingerprint density at radius 1 is 1.24 bits per heavy atom. The normalized spacial score (nSPS) is 13.6. The molecule has 0 unspecified atom stereocenters. The van der Waals surface area contributed by atoms with Crippen LogP contribution >= 0.6 is 11.3 Å². The highest BCUT2D eigenvalue weighted by Crippen LogP contribution is 2.19. The van der Waals surface area contributed by atoms with Crippen LogP contribution < -0.4 is 0 Å². The van der Waals surface area contributed by atoms with E-state index in [-0.39, 0.29) is 18.1 Å². The van der Waals surface area contributed by atoms with E-state index in [0.717, 1.165) is 30.8 Å². The van der Waals surface area contributed by atoms with Gasteiger partial charge in [0, 0.05) is 38.1 Å². The average molecular weight is 407 g/mol. The van der Waals surface area contributed by atoms with Gasteiger partial charge < -0.3 is 4.90 Å². The SMILES string of the molecule is Cn1ncc(C(=O)N2CCC2)c1C(=O)Cc1ccc2nc(-c3cscn3)nn2c1. The molecule has 29 heavy (non-hydrogen) atoms. The van der Waals surface area contributed by atoms with Gasteiger partial charge in [-0.15, -0.1) is 16.4 Å². The zero-order valence-corrected chi connectivity index (χ0v) is 16.5. The minimum absolute atomic E-state index is 0.132. The second kappa shape index (κ2) is 6.89. The summed E-state index contributed by atoms with van der Waals surface area (Å²) in [5.74, 6) is 0.254. The van der Waals surface area contributed by atoms with Gasteiger partial charge in [-0.3, -0.25) is 14.3 Å². The predicted molar refractivity (Wildman–Crippen MR) is 106 cm³/mol. The maximum atomic E-state index is 13.0. The van der Waals surface area contributed by atoms with E-state index >= 15 is 0 Å². The summed E-state index contributed by atoms with van der Waals surface area (Å²) < 4.78 is 3.12. The average Bonchev–Trinajstić information content (AvgIpc) is 3.38. The maximum absolute atomic E-state index is 13.0. The quantitative estimate of drug-likeness (QED) is 0.468. The molecular formula is C19H17N7O2S. The Bertz CT molecular complexity index is 1220. The number of carbonyl (C=O) groups is 2. The predicted octanol–water partition coefficient (Wildman–Crippen LogP) is 1.86.